The van der Waals surface area contributed by atoms with Gasteiger partial charge in [-0.15, -0.1) is 0 Å². The zero-order valence-electron chi connectivity index (χ0n) is 11.9. The first-order valence-electron chi connectivity index (χ1n) is 7.19. The quantitative estimate of drug-likeness (QED) is 0.796. The van der Waals surface area contributed by atoms with Gasteiger partial charge in [0.15, 0.2) is 5.82 Å². The number of aliphatic carboxylic acids is 1. The second-order valence-electron chi connectivity index (χ2n) is 5.46. The van der Waals surface area contributed by atoms with Crippen molar-refractivity contribution in [1.82, 2.24) is 9.97 Å². The highest BCUT2D eigenvalue weighted by Crippen LogP contribution is 2.28. The van der Waals surface area contributed by atoms with E-state index in [0.29, 0.717) is 18.1 Å². The van der Waals surface area contributed by atoms with Crippen LogP contribution in [0.2, 0.25) is 0 Å². The first-order valence-corrected chi connectivity index (χ1v) is 7.19. The van der Waals surface area contributed by atoms with Gasteiger partial charge in [-0.25, -0.2) is 9.97 Å². The van der Waals surface area contributed by atoms with Gasteiger partial charge >= 0.3 is 5.97 Å². The third kappa shape index (κ3) is 3.07. The molecule has 0 bridgehead atoms. The zero-order valence-corrected chi connectivity index (χ0v) is 11.9. The molecule has 1 aromatic carbocycles. The Bertz CT molecular complexity index is 663. The predicted molar refractivity (Wildman–Crippen MR) is 81.2 cm³/mol. The van der Waals surface area contributed by atoms with Gasteiger partial charge in [0.05, 0.1) is 18.1 Å². The largest absolute Gasteiger partial charge is 0.481 e. The van der Waals surface area contributed by atoms with Crippen LogP contribution in [-0.4, -0.2) is 38.3 Å². The first-order chi connectivity index (χ1) is 10.6. The molecule has 1 aliphatic rings. The summed E-state index contributed by atoms with van der Waals surface area (Å²) in [7, 11) is 0. The molecule has 0 spiro atoms. The predicted octanol–water partition coefficient (Wildman–Crippen LogP) is 1.78. The Morgan fingerprint density at radius 2 is 1.95 bits per heavy atom. The molecule has 0 saturated heterocycles. The van der Waals surface area contributed by atoms with Gasteiger partial charge in [0, 0.05) is 11.8 Å². The molecule has 1 aliphatic carbocycles. The van der Waals surface area contributed by atoms with Crippen molar-refractivity contribution in [3.63, 3.8) is 0 Å². The van der Waals surface area contributed by atoms with E-state index < -0.39 is 18.0 Å². The molecule has 3 atom stereocenters. The number of aliphatic hydroxyl groups is 1. The summed E-state index contributed by atoms with van der Waals surface area (Å²) >= 11 is 0. The van der Waals surface area contributed by atoms with Crippen LogP contribution in [0.1, 0.15) is 12.8 Å². The molecule has 6 heteroatoms. The molecule has 1 aromatic heterocycles. The van der Waals surface area contributed by atoms with Crippen LogP contribution in [0.15, 0.2) is 42.6 Å². The number of carboxylic acid groups (broad SMARTS) is 1. The molecule has 3 rings (SSSR count). The number of hydrogen-bond acceptors (Lipinski definition) is 5. The lowest BCUT2D eigenvalue weighted by molar-refractivity contribution is -0.141. The number of nitrogens with zero attached hydrogens (tertiary/aromatic N) is 2. The molecule has 3 unspecified atom stereocenters. The summed E-state index contributed by atoms with van der Waals surface area (Å²) in [4.78, 5) is 19.7. The van der Waals surface area contributed by atoms with Crippen LogP contribution >= 0.6 is 0 Å². The van der Waals surface area contributed by atoms with Crippen molar-refractivity contribution >= 4 is 11.8 Å². The maximum Gasteiger partial charge on any atom is 0.306 e. The van der Waals surface area contributed by atoms with Crippen LogP contribution in [0, 0.1) is 5.92 Å². The summed E-state index contributed by atoms with van der Waals surface area (Å²) in [5, 5.41) is 22.2. The van der Waals surface area contributed by atoms with E-state index >= 15 is 0 Å². The number of benzene rings is 1. The molecule has 0 amide bonds. The highest BCUT2D eigenvalue weighted by molar-refractivity contribution is 5.70. The number of hydrogen-bond donors (Lipinski definition) is 3. The number of anilines is 1. The second-order valence-corrected chi connectivity index (χ2v) is 5.46. The van der Waals surface area contributed by atoms with Gasteiger partial charge in [-0.3, -0.25) is 4.79 Å². The van der Waals surface area contributed by atoms with E-state index in [-0.39, 0.29) is 12.5 Å². The van der Waals surface area contributed by atoms with E-state index in [1.54, 1.807) is 12.3 Å². The summed E-state index contributed by atoms with van der Waals surface area (Å²) in [6.45, 7) is 0. The lowest BCUT2D eigenvalue weighted by Gasteiger charge is -2.17. The maximum absolute atomic E-state index is 11.0. The summed E-state index contributed by atoms with van der Waals surface area (Å²) < 4.78 is 0. The average molecular weight is 299 g/mol. The molecular formula is C16H17N3O3. The second kappa shape index (κ2) is 6.11. The van der Waals surface area contributed by atoms with Crippen LogP contribution < -0.4 is 5.32 Å². The molecule has 3 N–H and O–H groups in total. The number of carboxylic acids is 1. The lowest BCUT2D eigenvalue weighted by atomic mass is 10.1. The number of nitrogens with one attached hydrogen (secondary N) is 1. The highest BCUT2D eigenvalue weighted by atomic mass is 16.4. The van der Waals surface area contributed by atoms with Crippen molar-refractivity contribution in [2.45, 2.75) is 25.0 Å². The van der Waals surface area contributed by atoms with Crippen LogP contribution in [0.3, 0.4) is 0 Å². The van der Waals surface area contributed by atoms with E-state index in [4.69, 9.17) is 5.11 Å². The van der Waals surface area contributed by atoms with Crippen molar-refractivity contribution in [2.75, 3.05) is 5.32 Å². The fraction of sp³-hybridized carbons (Fsp3) is 0.312. The topological polar surface area (TPSA) is 95.3 Å². The molecule has 1 saturated carbocycles. The lowest BCUT2D eigenvalue weighted by Crippen LogP contribution is -2.28. The summed E-state index contributed by atoms with van der Waals surface area (Å²) in [6.07, 6.45) is 1.62. The van der Waals surface area contributed by atoms with Crippen LogP contribution in [0.25, 0.3) is 11.4 Å². The van der Waals surface area contributed by atoms with E-state index in [1.807, 2.05) is 30.3 Å². The summed E-state index contributed by atoms with van der Waals surface area (Å²) in [6, 6.07) is 11.0. The number of carbonyl (C=O) groups is 1. The molecule has 6 nitrogen and oxygen atoms in total. The van der Waals surface area contributed by atoms with E-state index in [9.17, 15) is 9.90 Å². The maximum atomic E-state index is 11.0. The van der Waals surface area contributed by atoms with E-state index in [1.165, 1.54) is 0 Å². The highest BCUT2D eigenvalue weighted by Gasteiger charge is 2.37. The van der Waals surface area contributed by atoms with Crippen molar-refractivity contribution < 1.29 is 15.0 Å². The van der Waals surface area contributed by atoms with Crippen LogP contribution in [0.4, 0.5) is 5.82 Å². The fourth-order valence-electron chi connectivity index (χ4n) is 2.73. The minimum Gasteiger partial charge on any atom is -0.481 e. The molecule has 114 valence electrons. The normalized spacial score (nSPS) is 24.1. The van der Waals surface area contributed by atoms with Gasteiger partial charge in [0.2, 0.25) is 0 Å². The first kappa shape index (κ1) is 14.5. The smallest absolute Gasteiger partial charge is 0.306 e. The number of aliphatic hydroxyl groups excluding tert-OH is 1. The molecule has 0 radical (unpaired) electrons. The number of rotatable bonds is 4. The molecule has 1 heterocycles. The Balaban J connectivity index is 1.75. The third-order valence-corrected chi connectivity index (χ3v) is 3.90. The molecular weight excluding hydrogens is 282 g/mol. The standard InChI is InChI=1S/C16H17N3O3/c20-13-9-11(16(21)22)8-12(13)18-14-6-7-17-15(19-14)10-4-2-1-3-5-10/h1-7,11-13,20H,8-9H2,(H,21,22)(H,17,18,19). The minimum absolute atomic E-state index is 0.267. The fourth-order valence-corrected chi connectivity index (χ4v) is 2.73. The number of aromatic nitrogens is 2. The monoisotopic (exact) mass is 299 g/mol. The van der Waals surface area contributed by atoms with Gasteiger partial charge in [-0.1, -0.05) is 30.3 Å². The zero-order chi connectivity index (χ0) is 15.5. The van der Waals surface area contributed by atoms with E-state index in [0.717, 1.165) is 5.56 Å². The Kier molecular flexibility index (Phi) is 4.02. The Morgan fingerprint density at radius 1 is 1.18 bits per heavy atom. The SMILES string of the molecule is O=C(O)C1CC(O)C(Nc2ccnc(-c3ccccc3)n2)C1. The minimum atomic E-state index is -0.865. The van der Waals surface area contributed by atoms with Gasteiger partial charge in [-0.05, 0) is 18.9 Å². The third-order valence-electron chi connectivity index (χ3n) is 3.90. The van der Waals surface area contributed by atoms with Crippen LogP contribution in [0.5, 0.6) is 0 Å². The van der Waals surface area contributed by atoms with E-state index in [2.05, 4.69) is 15.3 Å². The van der Waals surface area contributed by atoms with Crippen molar-refractivity contribution in [1.29, 1.82) is 0 Å². The molecule has 22 heavy (non-hydrogen) atoms. The van der Waals surface area contributed by atoms with Gasteiger partial charge in [0.25, 0.3) is 0 Å². The van der Waals surface area contributed by atoms with Gasteiger partial charge in [-0.2, -0.15) is 0 Å². The molecule has 0 aliphatic heterocycles. The van der Waals surface area contributed by atoms with Crippen molar-refractivity contribution in [3.05, 3.63) is 42.6 Å². The van der Waals surface area contributed by atoms with Crippen molar-refractivity contribution in [3.8, 4) is 11.4 Å². The van der Waals surface area contributed by atoms with Crippen LogP contribution in [-0.2, 0) is 4.79 Å². The summed E-state index contributed by atoms with van der Waals surface area (Å²) in [5.74, 6) is -0.198. The molecule has 2 aromatic rings. The molecule has 1 fully saturated rings. The Labute approximate surface area is 127 Å². The van der Waals surface area contributed by atoms with Gasteiger partial charge in [0.1, 0.15) is 5.82 Å². The van der Waals surface area contributed by atoms with Crippen molar-refractivity contribution in [2.24, 2.45) is 5.92 Å². The Hall–Kier alpha value is -2.47. The average Bonchev–Trinajstić information content (AvgIpc) is 2.90. The van der Waals surface area contributed by atoms with Gasteiger partial charge < -0.3 is 15.5 Å². The summed E-state index contributed by atoms with van der Waals surface area (Å²) in [5.41, 5.74) is 0.904. The Morgan fingerprint density at radius 3 is 2.64 bits per heavy atom.